The van der Waals surface area contributed by atoms with Crippen molar-refractivity contribution < 1.29 is 0 Å². The Morgan fingerprint density at radius 3 is 2.45 bits per heavy atom. The fraction of sp³-hybridized carbons (Fsp3) is 0.167. The molecule has 20 heavy (non-hydrogen) atoms. The minimum Gasteiger partial charge on any atom is -0.307 e. The highest BCUT2D eigenvalue weighted by molar-refractivity contribution is 5.48. The summed E-state index contributed by atoms with van der Waals surface area (Å²) in [5, 5.41) is 12.2. The fourth-order valence-corrected chi connectivity index (χ4v) is 1.97. The van der Waals surface area contributed by atoms with Crippen LogP contribution >= 0.6 is 0 Å². The molecule has 2 nitrogen and oxygen atoms in total. The summed E-state index contributed by atoms with van der Waals surface area (Å²) in [4.78, 5) is 0. The number of hydrogen-bond donors (Lipinski definition) is 1. The third-order valence-corrected chi connectivity index (χ3v) is 3.19. The minimum absolute atomic E-state index is 0.267. The standard InChI is InChI=1S/C18H18N2/c1-15(18-11-9-17(14-19)10-12-18)20-13-5-8-16-6-3-2-4-7-16/h2-12,15,20H,13H2,1H3. The van der Waals surface area contributed by atoms with Gasteiger partial charge >= 0.3 is 0 Å². The highest BCUT2D eigenvalue weighted by Crippen LogP contribution is 2.12. The van der Waals surface area contributed by atoms with Gasteiger partial charge in [0.15, 0.2) is 0 Å². The first-order valence-corrected chi connectivity index (χ1v) is 6.74. The summed E-state index contributed by atoms with van der Waals surface area (Å²) in [7, 11) is 0. The normalized spacial score (nSPS) is 12.2. The Bertz CT molecular complexity index is 592. The molecule has 0 saturated heterocycles. The van der Waals surface area contributed by atoms with E-state index in [1.54, 1.807) is 0 Å². The number of rotatable bonds is 5. The van der Waals surface area contributed by atoms with E-state index in [1.165, 1.54) is 11.1 Å². The Labute approximate surface area is 120 Å². The molecule has 1 atom stereocenters. The van der Waals surface area contributed by atoms with E-state index in [4.69, 9.17) is 5.26 Å². The third kappa shape index (κ3) is 4.08. The molecule has 1 N–H and O–H groups in total. The van der Waals surface area contributed by atoms with Crippen molar-refractivity contribution in [2.45, 2.75) is 13.0 Å². The van der Waals surface area contributed by atoms with Gasteiger partial charge in [-0.25, -0.2) is 0 Å². The summed E-state index contributed by atoms with van der Waals surface area (Å²) in [6.07, 6.45) is 4.23. The summed E-state index contributed by atoms with van der Waals surface area (Å²) < 4.78 is 0. The smallest absolute Gasteiger partial charge is 0.0991 e. The van der Waals surface area contributed by atoms with Crippen molar-refractivity contribution in [3.8, 4) is 6.07 Å². The minimum atomic E-state index is 0.267. The highest BCUT2D eigenvalue weighted by Gasteiger charge is 2.02. The molecule has 0 amide bonds. The van der Waals surface area contributed by atoms with Crippen LogP contribution in [0.15, 0.2) is 60.7 Å². The van der Waals surface area contributed by atoms with Crippen molar-refractivity contribution >= 4 is 6.08 Å². The summed E-state index contributed by atoms with van der Waals surface area (Å²) >= 11 is 0. The average molecular weight is 262 g/mol. The molecule has 2 aromatic carbocycles. The largest absolute Gasteiger partial charge is 0.307 e. The van der Waals surface area contributed by atoms with Crippen LogP contribution in [-0.4, -0.2) is 6.54 Å². The van der Waals surface area contributed by atoms with Crippen LogP contribution in [0.4, 0.5) is 0 Å². The van der Waals surface area contributed by atoms with Crippen LogP contribution in [0, 0.1) is 11.3 Å². The Morgan fingerprint density at radius 1 is 1.10 bits per heavy atom. The van der Waals surface area contributed by atoms with Crippen LogP contribution < -0.4 is 5.32 Å². The van der Waals surface area contributed by atoms with Gasteiger partial charge in [-0.15, -0.1) is 0 Å². The highest BCUT2D eigenvalue weighted by atomic mass is 14.9. The SMILES string of the molecule is CC(NCC=Cc1ccccc1)c1ccc(C#N)cc1. The van der Waals surface area contributed by atoms with Crippen molar-refractivity contribution in [2.24, 2.45) is 0 Å². The molecule has 0 spiro atoms. The second kappa shape index (κ2) is 7.28. The van der Waals surface area contributed by atoms with Gasteiger partial charge in [0.2, 0.25) is 0 Å². The van der Waals surface area contributed by atoms with Gasteiger partial charge in [-0.3, -0.25) is 0 Å². The van der Waals surface area contributed by atoms with Crippen LogP contribution in [0.5, 0.6) is 0 Å². The molecule has 0 aliphatic carbocycles. The molecular weight excluding hydrogens is 244 g/mol. The van der Waals surface area contributed by atoms with Crippen molar-refractivity contribution in [1.82, 2.24) is 5.32 Å². The molecule has 2 aromatic rings. The lowest BCUT2D eigenvalue weighted by atomic mass is 10.1. The zero-order chi connectivity index (χ0) is 14.2. The average Bonchev–Trinajstić information content (AvgIpc) is 2.52. The monoisotopic (exact) mass is 262 g/mol. The lowest BCUT2D eigenvalue weighted by Gasteiger charge is -2.12. The maximum Gasteiger partial charge on any atom is 0.0991 e. The maximum absolute atomic E-state index is 8.77. The van der Waals surface area contributed by atoms with Crippen molar-refractivity contribution in [3.05, 3.63) is 77.4 Å². The van der Waals surface area contributed by atoms with Gasteiger partial charge in [-0.1, -0.05) is 54.6 Å². The Kier molecular flexibility index (Phi) is 5.11. The summed E-state index contributed by atoms with van der Waals surface area (Å²) in [5.74, 6) is 0. The van der Waals surface area contributed by atoms with Gasteiger partial charge < -0.3 is 5.32 Å². The molecule has 0 aliphatic rings. The van der Waals surface area contributed by atoms with Gasteiger partial charge in [-0.05, 0) is 30.2 Å². The van der Waals surface area contributed by atoms with Crippen LogP contribution in [-0.2, 0) is 0 Å². The molecule has 0 radical (unpaired) electrons. The van der Waals surface area contributed by atoms with Crippen LogP contribution in [0.1, 0.15) is 29.7 Å². The third-order valence-electron chi connectivity index (χ3n) is 3.19. The van der Waals surface area contributed by atoms with E-state index in [1.807, 2.05) is 42.5 Å². The zero-order valence-electron chi connectivity index (χ0n) is 11.6. The molecule has 0 heterocycles. The molecule has 0 fully saturated rings. The Hall–Kier alpha value is -2.37. The van der Waals surface area contributed by atoms with Gasteiger partial charge in [0.25, 0.3) is 0 Å². The number of nitrogens with zero attached hydrogens (tertiary/aromatic N) is 1. The van der Waals surface area contributed by atoms with E-state index < -0.39 is 0 Å². The molecule has 0 aliphatic heterocycles. The molecule has 100 valence electrons. The molecule has 1 unspecified atom stereocenters. The van der Waals surface area contributed by atoms with E-state index in [-0.39, 0.29) is 6.04 Å². The number of nitrogens with one attached hydrogen (secondary N) is 1. The van der Waals surface area contributed by atoms with Crippen LogP contribution in [0.3, 0.4) is 0 Å². The van der Waals surface area contributed by atoms with Crippen LogP contribution in [0.2, 0.25) is 0 Å². The van der Waals surface area contributed by atoms with Gasteiger partial charge in [0.1, 0.15) is 0 Å². The van der Waals surface area contributed by atoms with E-state index in [0.717, 1.165) is 6.54 Å². The van der Waals surface area contributed by atoms with Gasteiger partial charge in [0, 0.05) is 12.6 Å². The first-order chi connectivity index (χ1) is 9.79. The zero-order valence-corrected chi connectivity index (χ0v) is 11.6. The van der Waals surface area contributed by atoms with E-state index in [9.17, 15) is 0 Å². The predicted molar refractivity (Wildman–Crippen MR) is 83.1 cm³/mol. The number of nitriles is 1. The summed E-state index contributed by atoms with van der Waals surface area (Å²) in [6, 6.07) is 20.4. The van der Waals surface area contributed by atoms with Crippen molar-refractivity contribution in [1.29, 1.82) is 5.26 Å². The second-order valence-electron chi connectivity index (χ2n) is 4.68. The molecule has 0 bridgehead atoms. The summed E-state index contributed by atoms with van der Waals surface area (Å²) in [5.41, 5.74) is 3.10. The first-order valence-electron chi connectivity index (χ1n) is 6.74. The number of benzene rings is 2. The molecule has 0 aromatic heterocycles. The first kappa shape index (κ1) is 14.0. The van der Waals surface area contributed by atoms with Gasteiger partial charge in [0.05, 0.1) is 11.6 Å². The van der Waals surface area contributed by atoms with E-state index >= 15 is 0 Å². The fourth-order valence-electron chi connectivity index (χ4n) is 1.97. The predicted octanol–water partition coefficient (Wildman–Crippen LogP) is 3.92. The Morgan fingerprint density at radius 2 is 1.80 bits per heavy atom. The molecule has 2 heteroatoms. The molecule has 0 saturated carbocycles. The Balaban J connectivity index is 1.84. The molecular formula is C18H18N2. The lowest BCUT2D eigenvalue weighted by Crippen LogP contribution is -2.18. The van der Waals surface area contributed by atoms with Crippen molar-refractivity contribution in [3.63, 3.8) is 0 Å². The molecule has 2 rings (SSSR count). The van der Waals surface area contributed by atoms with E-state index in [0.29, 0.717) is 5.56 Å². The quantitative estimate of drug-likeness (QED) is 0.886. The van der Waals surface area contributed by atoms with Crippen LogP contribution in [0.25, 0.3) is 6.08 Å². The second-order valence-corrected chi connectivity index (χ2v) is 4.68. The lowest BCUT2D eigenvalue weighted by molar-refractivity contribution is 0.618. The van der Waals surface area contributed by atoms with Crippen molar-refractivity contribution in [2.75, 3.05) is 6.54 Å². The topological polar surface area (TPSA) is 35.8 Å². The van der Waals surface area contributed by atoms with Gasteiger partial charge in [-0.2, -0.15) is 5.26 Å². The summed E-state index contributed by atoms with van der Waals surface area (Å²) in [6.45, 7) is 2.94. The maximum atomic E-state index is 8.77. The number of hydrogen-bond acceptors (Lipinski definition) is 2. The van der Waals surface area contributed by atoms with E-state index in [2.05, 4.69) is 42.6 Å².